The molecule has 1 rings (SSSR count). The Morgan fingerprint density at radius 3 is 2.09 bits per heavy atom. The van der Waals surface area contributed by atoms with Gasteiger partial charge in [-0.25, -0.2) is 4.79 Å². The molecule has 0 heterocycles. The van der Waals surface area contributed by atoms with Gasteiger partial charge in [0, 0.05) is 0 Å². The molecule has 5 N–H and O–H groups in total. The lowest BCUT2D eigenvalue weighted by molar-refractivity contribution is -0.130. The van der Waals surface area contributed by atoms with Gasteiger partial charge in [-0.3, -0.25) is 9.59 Å². The number of unbranched alkanes of at least 4 members (excludes halogenated alkanes) is 2. The number of rotatable bonds is 15. The standard InChI is InChI=1S/C25H42BN3O6/c1-6-7-9-14-20(28-25(32)35-16-19-12-10-8-11-13-19)23(30)27-21(15-17(2)3)24(31)29-22(18(4)5)26(33)34/h8,10-13,17-18,20-22,33-34H,6-7,9,14-16H2,1-5H3,(H,27,30)(H,28,32)(H,29,31)/t20-,21-,22-/m0/s1. The van der Waals surface area contributed by atoms with Crippen LogP contribution in [0.3, 0.4) is 0 Å². The Hall–Kier alpha value is -2.59. The summed E-state index contributed by atoms with van der Waals surface area (Å²) in [4.78, 5) is 38.5. The molecular formula is C25H42BN3O6. The quantitative estimate of drug-likeness (QED) is 0.189. The van der Waals surface area contributed by atoms with Gasteiger partial charge in [0.1, 0.15) is 18.7 Å². The van der Waals surface area contributed by atoms with E-state index in [1.807, 2.05) is 51.1 Å². The number of hydrogen-bond donors (Lipinski definition) is 5. The molecule has 0 saturated carbocycles. The van der Waals surface area contributed by atoms with Crippen molar-refractivity contribution >= 4 is 25.0 Å². The van der Waals surface area contributed by atoms with E-state index in [0.29, 0.717) is 12.8 Å². The van der Waals surface area contributed by atoms with Crippen molar-refractivity contribution in [3.05, 3.63) is 35.9 Å². The second-order valence-electron chi connectivity index (χ2n) is 9.64. The van der Waals surface area contributed by atoms with Gasteiger partial charge in [0.2, 0.25) is 11.8 Å². The van der Waals surface area contributed by atoms with E-state index in [4.69, 9.17) is 4.74 Å². The Morgan fingerprint density at radius 2 is 1.54 bits per heavy atom. The molecule has 0 unspecified atom stereocenters. The van der Waals surface area contributed by atoms with Crippen molar-refractivity contribution in [3.63, 3.8) is 0 Å². The van der Waals surface area contributed by atoms with Crippen LogP contribution in [-0.4, -0.2) is 53.1 Å². The zero-order valence-corrected chi connectivity index (χ0v) is 21.6. The van der Waals surface area contributed by atoms with Crippen LogP contribution in [0.4, 0.5) is 4.79 Å². The summed E-state index contributed by atoms with van der Waals surface area (Å²) in [5, 5.41) is 27.2. The molecule has 0 aliphatic rings. The van der Waals surface area contributed by atoms with Gasteiger partial charge in [-0.15, -0.1) is 0 Å². The van der Waals surface area contributed by atoms with Crippen LogP contribution in [0, 0.1) is 11.8 Å². The van der Waals surface area contributed by atoms with Gasteiger partial charge in [0.05, 0.1) is 5.94 Å². The Bertz CT molecular complexity index is 768. The first-order valence-electron chi connectivity index (χ1n) is 12.5. The van der Waals surface area contributed by atoms with E-state index in [-0.39, 0.29) is 18.4 Å². The molecule has 0 aromatic heterocycles. The molecule has 196 valence electrons. The average Bonchev–Trinajstić information content (AvgIpc) is 2.80. The molecule has 9 nitrogen and oxygen atoms in total. The fourth-order valence-electron chi connectivity index (χ4n) is 3.60. The summed E-state index contributed by atoms with van der Waals surface area (Å²) in [6, 6.07) is 7.47. The second kappa shape index (κ2) is 16.2. The lowest BCUT2D eigenvalue weighted by Crippen LogP contribution is -2.58. The molecule has 3 atom stereocenters. The summed E-state index contributed by atoms with van der Waals surface area (Å²) >= 11 is 0. The molecule has 0 aliphatic heterocycles. The highest BCUT2D eigenvalue weighted by atomic mass is 16.5. The predicted molar refractivity (Wildman–Crippen MR) is 136 cm³/mol. The molecule has 35 heavy (non-hydrogen) atoms. The number of amides is 3. The summed E-state index contributed by atoms with van der Waals surface area (Å²) in [7, 11) is -1.72. The van der Waals surface area contributed by atoms with E-state index in [1.165, 1.54) is 0 Å². The van der Waals surface area contributed by atoms with Gasteiger partial charge in [-0.05, 0) is 30.2 Å². The largest absolute Gasteiger partial charge is 0.475 e. The summed E-state index contributed by atoms with van der Waals surface area (Å²) in [6.45, 7) is 9.48. The van der Waals surface area contributed by atoms with Gasteiger partial charge < -0.3 is 30.7 Å². The highest BCUT2D eigenvalue weighted by Crippen LogP contribution is 2.11. The summed E-state index contributed by atoms with van der Waals surface area (Å²) < 4.78 is 5.27. The van der Waals surface area contributed by atoms with Crippen LogP contribution in [-0.2, 0) is 20.9 Å². The topological polar surface area (TPSA) is 137 Å². The molecule has 10 heteroatoms. The molecule has 0 bridgehead atoms. The minimum atomic E-state index is -1.72. The maximum absolute atomic E-state index is 13.1. The fraction of sp³-hybridized carbons (Fsp3) is 0.640. The van der Waals surface area contributed by atoms with Crippen LogP contribution in [0.15, 0.2) is 30.3 Å². The summed E-state index contributed by atoms with van der Waals surface area (Å²) in [6.07, 6.45) is 2.61. The number of nitrogens with one attached hydrogen (secondary N) is 3. The first kappa shape index (κ1) is 30.4. The highest BCUT2D eigenvalue weighted by molar-refractivity contribution is 6.43. The van der Waals surface area contributed by atoms with Crippen molar-refractivity contribution < 1.29 is 29.2 Å². The van der Waals surface area contributed by atoms with Crippen LogP contribution in [0.25, 0.3) is 0 Å². The van der Waals surface area contributed by atoms with Crippen molar-refractivity contribution in [2.24, 2.45) is 11.8 Å². The lowest BCUT2D eigenvalue weighted by atomic mass is 9.73. The van der Waals surface area contributed by atoms with E-state index in [2.05, 4.69) is 16.0 Å². The molecule has 0 fully saturated rings. The normalized spacial score (nSPS) is 13.6. The molecule has 3 amide bonds. The second-order valence-corrected chi connectivity index (χ2v) is 9.64. The predicted octanol–water partition coefficient (Wildman–Crippen LogP) is 2.55. The zero-order chi connectivity index (χ0) is 26.4. The summed E-state index contributed by atoms with van der Waals surface area (Å²) in [5.41, 5.74) is 0.828. The molecular weight excluding hydrogens is 449 g/mol. The van der Waals surface area contributed by atoms with E-state index in [1.54, 1.807) is 13.8 Å². The van der Waals surface area contributed by atoms with E-state index >= 15 is 0 Å². The fourth-order valence-corrected chi connectivity index (χ4v) is 3.60. The van der Waals surface area contributed by atoms with Crippen LogP contribution in [0.2, 0.25) is 0 Å². The third kappa shape index (κ3) is 12.1. The maximum Gasteiger partial charge on any atom is 0.475 e. The number of carbonyl (C=O) groups is 3. The number of hydrogen-bond acceptors (Lipinski definition) is 6. The molecule has 1 aromatic rings. The molecule has 0 radical (unpaired) electrons. The van der Waals surface area contributed by atoms with E-state index in [0.717, 1.165) is 24.8 Å². The maximum atomic E-state index is 13.1. The van der Waals surface area contributed by atoms with E-state index in [9.17, 15) is 24.4 Å². The van der Waals surface area contributed by atoms with Gasteiger partial charge >= 0.3 is 13.2 Å². The van der Waals surface area contributed by atoms with Crippen LogP contribution < -0.4 is 16.0 Å². The first-order chi connectivity index (χ1) is 16.5. The highest BCUT2D eigenvalue weighted by Gasteiger charge is 2.33. The Labute approximate surface area is 209 Å². The SMILES string of the molecule is CCCCC[C@H](NC(=O)OCc1ccccc1)C(=O)N[C@@H](CC(C)C)C(=O)N[C@H](B(O)O)C(C)C. The Kier molecular flexibility index (Phi) is 14.1. The van der Waals surface area contributed by atoms with Crippen molar-refractivity contribution in [1.29, 1.82) is 0 Å². The van der Waals surface area contributed by atoms with Gasteiger partial charge in [-0.2, -0.15) is 0 Å². The van der Waals surface area contributed by atoms with Crippen LogP contribution >= 0.6 is 0 Å². The number of alkyl carbamates (subject to hydrolysis) is 1. The molecule has 0 saturated heterocycles. The number of benzene rings is 1. The van der Waals surface area contributed by atoms with Crippen molar-refractivity contribution in [3.8, 4) is 0 Å². The minimum absolute atomic E-state index is 0.0778. The lowest BCUT2D eigenvalue weighted by Gasteiger charge is -2.27. The molecule has 1 aromatic carbocycles. The minimum Gasteiger partial charge on any atom is -0.445 e. The van der Waals surface area contributed by atoms with Crippen LogP contribution in [0.1, 0.15) is 72.3 Å². The average molecular weight is 491 g/mol. The summed E-state index contributed by atoms with van der Waals surface area (Å²) in [5.74, 6) is -2.00. The molecule has 0 aliphatic carbocycles. The van der Waals surface area contributed by atoms with Crippen molar-refractivity contribution in [2.45, 2.75) is 91.4 Å². The molecule has 0 spiro atoms. The smallest absolute Gasteiger partial charge is 0.445 e. The number of ether oxygens (including phenoxy) is 1. The van der Waals surface area contributed by atoms with E-state index < -0.39 is 43.1 Å². The van der Waals surface area contributed by atoms with Gasteiger partial charge in [0.15, 0.2) is 0 Å². The van der Waals surface area contributed by atoms with Gasteiger partial charge in [-0.1, -0.05) is 84.2 Å². The monoisotopic (exact) mass is 491 g/mol. The van der Waals surface area contributed by atoms with Crippen molar-refractivity contribution in [1.82, 2.24) is 16.0 Å². The first-order valence-corrected chi connectivity index (χ1v) is 12.5. The Balaban J connectivity index is 2.88. The van der Waals surface area contributed by atoms with Gasteiger partial charge in [0.25, 0.3) is 0 Å². The number of carbonyl (C=O) groups excluding carboxylic acids is 3. The van der Waals surface area contributed by atoms with Crippen molar-refractivity contribution in [2.75, 3.05) is 0 Å². The third-order valence-corrected chi connectivity index (χ3v) is 5.61. The van der Waals surface area contributed by atoms with Crippen LogP contribution in [0.5, 0.6) is 0 Å². The Morgan fingerprint density at radius 1 is 0.914 bits per heavy atom. The zero-order valence-electron chi connectivity index (χ0n) is 21.6. The third-order valence-electron chi connectivity index (χ3n) is 5.61.